The molecule has 0 radical (unpaired) electrons. The average molecular weight is 423 g/mol. The largest absolute Gasteiger partial charge is 0.478 e. The predicted molar refractivity (Wildman–Crippen MR) is 103 cm³/mol. The number of aromatic carboxylic acids is 1. The minimum Gasteiger partial charge on any atom is -0.478 e. The summed E-state index contributed by atoms with van der Waals surface area (Å²) in [7, 11) is -3.78. The Kier molecular flexibility index (Phi) is 5.14. The zero-order chi connectivity index (χ0) is 20.6. The minimum atomic E-state index is -3.78. The van der Waals surface area contributed by atoms with Gasteiger partial charge in [-0.2, -0.15) is 0 Å². The van der Waals surface area contributed by atoms with Gasteiger partial charge in [-0.1, -0.05) is 24.6 Å². The molecule has 1 saturated heterocycles. The van der Waals surface area contributed by atoms with Gasteiger partial charge in [0.05, 0.1) is 33.5 Å². The van der Waals surface area contributed by atoms with Crippen LogP contribution in [-0.2, 0) is 14.8 Å². The van der Waals surface area contributed by atoms with Gasteiger partial charge in [0.25, 0.3) is 5.91 Å². The molecule has 0 aromatic heterocycles. The van der Waals surface area contributed by atoms with Crippen molar-refractivity contribution in [3.8, 4) is 0 Å². The summed E-state index contributed by atoms with van der Waals surface area (Å²) in [5, 5.41) is 11.5. The van der Waals surface area contributed by atoms with Gasteiger partial charge in [-0.25, -0.2) is 17.5 Å². The smallest absolute Gasteiger partial charge is 0.335 e. The van der Waals surface area contributed by atoms with Crippen LogP contribution >= 0.6 is 11.6 Å². The second-order valence-electron chi connectivity index (χ2n) is 6.29. The highest BCUT2D eigenvalue weighted by Crippen LogP contribution is 2.31. The Morgan fingerprint density at radius 3 is 2.50 bits per heavy atom. The molecule has 146 valence electrons. The van der Waals surface area contributed by atoms with Gasteiger partial charge in [0.2, 0.25) is 15.9 Å². The topological polar surface area (TPSA) is 121 Å². The first-order valence-corrected chi connectivity index (χ1v) is 10.1. The number of carbonyl (C=O) groups is 3. The molecule has 1 fully saturated rings. The van der Waals surface area contributed by atoms with Gasteiger partial charge in [-0.05, 0) is 36.4 Å². The fourth-order valence-electron chi connectivity index (χ4n) is 2.83. The summed E-state index contributed by atoms with van der Waals surface area (Å²) in [6, 6.07) is 9.53. The molecule has 1 aliphatic heterocycles. The van der Waals surface area contributed by atoms with E-state index in [1.807, 2.05) is 0 Å². The number of sulfonamides is 1. The fraction of sp³-hybridized carbons (Fsp3) is 0.167. The predicted octanol–water partition coefficient (Wildman–Crippen LogP) is 2.60. The van der Waals surface area contributed by atoms with Crippen molar-refractivity contribution in [3.63, 3.8) is 0 Å². The summed E-state index contributed by atoms with van der Waals surface area (Å²) < 4.78 is 25.0. The molecular weight excluding hydrogens is 408 g/mol. The molecule has 1 heterocycles. The zero-order valence-electron chi connectivity index (χ0n) is 14.5. The molecule has 0 saturated carbocycles. The number of hydrogen-bond donors (Lipinski definition) is 2. The summed E-state index contributed by atoms with van der Waals surface area (Å²) in [5.74, 6) is -3.25. The molecule has 2 aromatic carbocycles. The molecule has 10 heteroatoms. The lowest BCUT2D eigenvalue weighted by molar-refractivity contribution is -0.119. The molecule has 0 unspecified atom stereocenters. The molecule has 8 nitrogen and oxygen atoms in total. The SMILES string of the molecule is C[C@@H]1CS(=O)(=O)N(c2ccc(C(=O)Nc3cccc(C(=O)O)c3)c(Cl)c2)C1=O. The first kappa shape index (κ1) is 19.8. The van der Waals surface area contributed by atoms with Gasteiger partial charge in [-0.15, -0.1) is 0 Å². The van der Waals surface area contributed by atoms with Crippen molar-refractivity contribution >= 4 is 50.8 Å². The van der Waals surface area contributed by atoms with Crippen LogP contribution in [0, 0.1) is 5.92 Å². The molecule has 0 spiro atoms. The highest BCUT2D eigenvalue weighted by atomic mass is 35.5. The molecule has 28 heavy (non-hydrogen) atoms. The number of amides is 2. The third kappa shape index (κ3) is 3.71. The average Bonchev–Trinajstić information content (AvgIpc) is 2.82. The Bertz CT molecular complexity index is 1100. The Morgan fingerprint density at radius 1 is 1.21 bits per heavy atom. The van der Waals surface area contributed by atoms with E-state index >= 15 is 0 Å². The van der Waals surface area contributed by atoms with Crippen molar-refractivity contribution in [1.29, 1.82) is 0 Å². The first-order valence-electron chi connectivity index (χ1n) is 8.11. The van der Waals surface area contributed by atoms with Gasteiger partial charge in [0.1, 0.15) is 0 Å². The van der Waals surface area contributed by atoms with E-state index in [4.69, 9.17) is 16.7 Å². The number of carbonyl (C=O) groups excluding carboxylic acids is 2. The number of carboxylic acid groups (broad SMARTS) is 1. The Morgan fingerprint density at radius 2 is 1.93 bits per heavy atom. The van der Waals surface area contributed by atoms with Crippen molar-refractivity contribution in [2.45, 2.75) is 6.92 Å². The van der Waals surface area contributed by atoms with E-state index in [0.717, 1.165) is 0 Å². The number of carboxylic acids is 1. The van der Waals surface area contributed by atoms with Crippen molar-refractivity contribution in [3.05, 3.63) is 58.6 Å². The maximum atomic E-state index is 12.5. The molecule has 2 aromatic rings. The lowest BCUT2D eigenvalue weighted by Crippen LogP contribution is -2.30. The molecule has 0 bridgehead atoms. The summed E-state index contributed by atoms with van der Waals surface area (Å²) >= 11 is 6.14. The summed E-state index contributed by atoms with van der Waals surface area (Å²) in [6.07, 6.45) is 0. The Balaban J connectivity index is 1.87. The Labute approximate surface area is 165 Å². The number of anilines is 2. The third-order valence-electron chi connectivity index (χ3n) is 4.16. The van der Waals surface area contributed by atoms with Crippen LogP contribution in [0.3, 0.4) is 0 Å². The van der Waals surface area contributed by atoms with E-state index in [-0.39, 0.29) is 33.3 Å². The second-order valence-corrected chi connectivity index (χ2v) is 8.56. The monoisotopic (exact) mass is 422 g/mol. The van der Waals surface area contributed by atoms with E-state index in [1.54, 1.807) is 0 Å². The second kappa shape index (κ2) is 7.25. The number of hydrogen-bond acceptors (Lipinski definition) is 5. The zero-order valence-corrected chi connectivity index (χ0v) is 16.1. The van der Waals surface area contributed by atoms with Crippen LogP contribution < -0.4 is 9.62 Å². The molecule has 3 rings (SSSR count). The molecule has 1 atom stereocenters. The van der Waals surface area contributed by atoms with Crippen LogP contribution in [0.5, 0.6) is 0 Å². The van der Waals surface area contributed by atoms with Gasteiger partial charge < -0.3 is 10.4 Å². The molecule has 0 aliphatic carbocycles. The summed E-state index contributed by atoms with van der Waals surface area (Å²) in [5.41, 5.74) is 0.370. The maximum Gasteiger partial charge on any atom is 0.335 e. The summed E-state index contributed by atoms with van der Waals surface area (Å²) in [4.78, 5) is 35.6. The lowest BCUT2D eigenvalue weighted by atomic mass is 10.1. The van der Waals surface area contributed by atoms with Crippen molar-refractivity contribution in [2.75, 3.05) is 15.4 Å². The van der Waals surface area contributed by atoms with Gasteiger partial charge in [0.15, 0.2) is 0 Å². The van der Waals surface area contributed by atoms with Crippen LogP contribution in [0.25, 0.3) is 0 Å². The molecule has 2 amide bonds. The molecule has 1 aliphatic rings. The maximum absolute atomic E-state index is 12.5. The molecule has 2 N–H and O–H groups in total. The van der Waals surface area contributed by atoms with Crippen molar-refractivity contribution < 1.29 is 27.9 Å². The first-order chi connectivity index (χ1) is 13.1. The fourth-order valence-corrected chi connectivity index (χ4v) is 4.90. The van der Waals surface area contributed by atoms with E-state index in [2.05, 4.69) is 5.32 Å². The summed E-state index contributed by atoms with van der Waals surface area (Å²) in [6.45, 7) is 1.52. The number of halogens is 1. The lowest BCUT2D eigenvalue weighted by Gasteiger charge is -2.16. The van der Waals surface area contributed by atoms with Crippen molar-refractivity contribution in [2.24, 2.45) is 5.92 Å². The standard InChI is InChI=1S/C18H15ClN2O6S/c1-10-9-28(26,27)21(17(10)23)13-5-6-14(15(19)8-13)16(22)20-12-4-2-3-11(7-12)18(24)25/h2-8,10H,9H2,1H3,(H,20,22)(H,24,25)/t10-/m1/s1. The van der Waals surface area contributed by atoms with Crippen LogP contribution in [0.4, 0.5) is 11.4 Å². The van der Waals surface area contributed by atoms with Crippen LogP contribution in [0.2, 0.25) is 5.02 Å². The highest BCUT2D eigenvalue weighted by molar-refractivity contribution is 7.94. The van der Waals surface area contributed by atoms with Gasteiger partial charge in [-0.3, -0.25) is 9.59 Å². The minimum absolute atomic E-state index is 0.00566. The number of benzene rings is 2. The third-order valence-corrected chi connectivity index (χ3v) is 6.34. The van der Waals surface area contributed by atoms with Crippen molar-refractivity contribution in [1.82, 2.24) is 0 Å². The number of rotatable bonds is 4. The number of nitrogens with one attached hydrogen (secondary N) is 1. The highest BCUT2D eigenvalue weighted by Gasteiger charge is 2.42. The normalized spacial score (nSPS) is 18.1. The van der Waals surface area contributed by atoms with Gasteiger partial charge in [0, 0.05) is 5.69 Å². The van der Waals surface area contributed by atoms with E-state index < -0.39 is 33.7 Å². The molecular formula is C18H15ClN2O6S. The van der Waals surface area contributed by atoms with Crippen LogP contribution in [-0.4, -0.2) is 37.1 Å². The van der Waals surface area contributed by atoms with Gasteiger partial charge >= 0.3 is 5.97 Å². The number of nitrogens with zero attached hydrogens (tertiary/aromatic N) is 1. The van der Waals surface area contributed by atoms with E-state index in [1.165, 1.54) is 49.4 Å². The van der Waals surface area contributed by atoms with E-state index in [9.17, 15) is 22.8 Å². The Hall–Kier alpha value is -2.91. The van der Waals surface area contributed by atoms with Crippen LogP contribution in [0.15, 0.2) is 42.5 Å². The van der Waals surface area contributed by atoms with E-state index in [0.29, 0.717) is 4.31 Å². The van der Waals surface area contributed by atoms with Crippen LogP contribution in [0.1, 0.15) is 27.6 Å². The quantitative estimate of drug-likeness (QED) is 0.781.